The van der Waals surface area contributed by atoms with Gasteiger partial charge in [-0.2, -0.15) is 0 Å². The number of amides is 1. The fourth-order valence-electron chi connectivity index (χ4n) is 2.67. The number of carbonyl (C=O) groups excluding carboxylic acids is 1. The first-order chi connectivity index (χ1) is 12.2. The van der Waals surface area contributed by atoms with E-state index in [1.807, 2.05) is 47.8 Å². The predicted octanol–water partition coefficient (Wildman–Crippen LogP) is 4.22. The number of thiophene rings is 1. The van der Waals surface area contributed by atoms with Crippen molar-refractivity contribution in [3.05, 3.63) is 71.6 Å². The Labute approximate surface area is 148 Å². The summed E-state index contributed by atoms with van der Waals surface area (Å²) in [6.45, 7) is 0.360. The topological polar surface area (TPSA) is 59.2 Å². The predicted molar refractivity (Wildman–Crippen MR) is 97.4 cm³/mol. The van der Waals surface area contributed by atoms with E-state index in [2.05, 4.69) is 10.1 Å². The molecule has 0 aliphatic carbocycles. The average Bonchev–Trinajstić information content (AvgIpc) is 3.30. The summed E-state index contributed by atoms with van der Waals surface area (Å²) in [4.78, 5) is 18.3. The van der Waals surface area contributed by atoms with Gasteiger partial charge in [0.25, 0.3) is 5.91 Å². The lowest BCUT2D eigenvalue weighted by Gasteiger charge is -2.15. The van der Waals surface area contributed by atoms with Crippen molar-refractivity contribution < 1.29 is 9.32 Å². The van der Waals surface area contributed by atoms with Crippen LogP contribution in [0, 0.1) is 0 Å². The van der Waals surface area contributed by atoms with E-state index >= 15 is 0 Å². The zero-order chi connectivity index (χ0) is 17.2. The van der Waals surface area contributed by atoms with Crippen LogP contribution in [0.4, 0.5) is 0 Å². The molecule has 0 saturated carbocycles. The number of nitrogens with zero attached hydrogens (tertiary/aromatic N) is 3. The van der Waals surface area contributed by atoms with Gasteiger partial charge in [-0.1, -0.05) is 5.16 Å². The van der Waals surface area contributed by atoms with E-state index in [9.17, 15) is 4.79 Å². The number of rotatable bonds is 4. The molecule has 6 heteroatoms. The molecular formula is C19H15N3O2S. The third-order valence-corrected chi connectivity index (χ3v) is 4.87. The van der Waals surface area contributed by atoms with Crippen LogP contribution in [0.1, 0.15) is 16.1 Å². The molecule has 0 N–H and O–H groups in total. The van der Waals surface area contributed by atoms with Gasteiger partial charge >= 0.3 is 0 Å². The van der Waals surface area contributed by atoms with E-state index in [1.165, 1.54) is 4.70 Å². The van der Waals surface area contributed by atoms with Gasteiger partial charge in [0.1, 0.15) is 5.69 Å². The minimum absolute atomic E-state index is 0.0463. The van der Waals surface area contributed by atoms with Crippen molar-refractivity contribution in [1.82, 2.24) is 15.0 Å². The summed E-state index contributed by atoms with van der Waals surface area (Å²) >= 11 is 1.67. The zero-order valence-corrected chi connectivity index (χ0v) is 14.4. The van der Waals surface area contributed by atoms with E-state index in [-0.39, 0.29) is 5.91 Å². The highest BCUT2D eigenvalue weighted by Crippen LogP contribution is 2.23. The minimum Gasteiger partial charge on any atom is -0.359 e. The number of fused-ring (bicyclic) bond motifs is 1. The smallest absolute Gasteiger partial charge is 0.254 e. The van der Waals surface area contributed by atoms with E-state index in [1.54, 1.807) is 35.7 Å². The Balaban J connectivity index is 1.50. The Morgan fingerprint density at radius 3 is 2.84 bits per heavy atom. The molecule has 1 amide bonds. The van der Waals surface area contributed by atoms with E-state index < -0.39 is 0 Å². The minimum atomic E-state index is -0.0463. The molecule has 124 valence electrons. The van der Waals surface area contributed by atoms with Crippen LogP contribution in [0.5, 0.6) is 0 Å². The molecule has 4 rings (SSSR count). The molecule has 0 radical (unpaired) electrons. The van der Waals surface area contributed by atoms with Crippen LogP contribution >= 0.6 is 11.3 Å². The molecule has 0 spiro atoms. The summed E-state index contributed by atoms with van der Waals surface area (Å²) in [6, 6.07) is 13.4. The third kappa shape index (κ3) is 3.16. The van der Waals surface area contributed by atoms with Gasteiger partial charge in [-0.25, -0.2) is 0 Å². The van der Waals surface area contributed by atoms with Crippen LogP contribution in [0.15, 0.2) is 64.8 Å². The number of benzene rings is 1. The highest BCUT2D eigenvalue weighted by molar-refractivity contribution is 7.17. The molecule has 25 heavy (non-hydrogen) atoms. The quantitative estimate of drug-likeness (QED) is 0.553. The van der Waals surface area contributed by atoms with Gasteiger partial charge in [0.2, 0.25) is 0 Å². The lowest BCUT2D eigenvalue weighted by molar-refractivity contribution is 0.0772. The molecule has 1 aromatic carbocycles. The maximum Gasteiger partial charge on any atom is 0.254 e. The highest BCUT2D eigenvalue weighted by Gasteiger charge is 2.15. The first-order valence-corrected chi connectivity index (χ1v) is 8.67. The monoisotopic (exact) mass is 349 g/mol. The molecule has 3 heterocycles. The van der Waals surface area contributed by atoms with Crippen LogP contribution < -0.4 is 0 Å². The normalized spacial score (nSPS) is 10.9. The Morgan fingerprint density at radius 1 is 1.16 bits per heavy atom. The second-order valence-electron chi connectivity index (χ2n) is 5.75. The van der Waals surface area contributed by atoms with Gasteiger partial charge in [0.15, 0.2) is 5.76 Å². The number of aromatic nitrogens is 2. The Kier molecular flexibility index (Phi) is 4.03. The molecule has 0 fully saturated rings. The van der Waals surface area contributed by atoms with Gasteiger partial charge in [-0.3, -0.25) is 9.78 Å². The van der Waals surface area contributed by atoms with Crippen molar-refractivity contribution in [2.45, 2.75) is 6.54 Å². The fourth-order valence-corrected chi connectivity index (χ4v) is 3.44. The Hall–Kier alpha value is -2.99. The largest absolute Gasteiger partial charge is 0.359 e. The average molecular weight is 349 g/mol. The van der Waals surface area contributed by atoms with E-state index in [4.69, 9.17) is 4.52 Å². The van der Waals surface area contributed by atoms with Crippen LogP contribution in [0.2, 0.25) is 0 Å². The van der Waals surface area contributed by atoms with Gasteiger partial charge in [-0.05, 0) is 47.2 Å². The maximum absolute atomic E-state index is 12.7. The number of hydrogen-bond donors (Lipinski definition) is 0. The Morgan fingerprint density at radius 2 is 2.00 bits per heavy atom. The summed E-state index contributed by atoms with van der Waals surface area (Å²) in [5.74, 6) is 0.592. The van der Waals surface area contributed by atoms with Crippen LogP contribution in [0.25, 0.3) is 21.3 Å². The van der Waals surface area contributed by atoms with Crippen LogP contribution in [-0.4, -0.2) is 28.0 Å². The molecule has 0 bridgehead atoms. The maximum atomic E-state index is 12.7. The summed E-state index contributed by atoms with van der Waals surface area (Å²) in [6.07, 6.45) is 3.42. The zero-order valence-electron chi connectivity index (χ0n) is 13.5. The molecular weight excluding hydrogens is 334 g/mol. The lowest BCUT2D eigenvalue weighted by atomic mass is 10.1. The molecule has 0 unspecified atom stereocenters. The summed E-state index contributed by atoms with van der Waals surface area (Å²) < 4.78 is 6.55. The van der Waals surface area contributed by atoms with Gasteiger partial charge in [0, 0.05) is 41.3 Å². The van der Waals surface area contributed by atoms with Crippen molar-refractivity contribution in [3.8, 4) is 11.3 Å². The van der Waals surface area contributed by atoms with Gasteiger partial charge < -0.3 is 9.42 Å². The summed E-state index contributed by atoms with van der Waals surface area (Å²) in [5, 5.41) is 7.18. The fraction of sp³-hybridized carbons (Fsp3) is 0.105. The first kappa shape index (κ1) is 15.5. The number of hydrogen-bond acceptors (Lipinski definition) is 5. The molecule has 3 aromatic heterocycles. The molecule has 0 aliphatic rings. The molecule has 0 saturated heterocycles. The molecule has 0 aliphatic heterocycles. The SMILES string of the molecule is CN(Cc1cc(-c2ccncc2)no1)C(=O)c1ccc2sccc2c1. The number of carbonyl (C=O) groups is 1. The molecule has 5 nitrogen and oxygen atoms in total. The van der Waals surface area contributed by atoms with Crippen molar-refractivity contribution >= 4 is 27.3 Å². The van der Waals surface area contributed by atoms with E-state index in [0.29, 0.717) is 17.9 Å². The van der Waals surface area contributed by atoms with Crippen LogP contribution in [-0.2, 0) is 6.54 Å². The van der Waals surface area contributed by atoms with Crippen molar-refractivity contribution in [2.75, 3.05) is 7.05 Å². The van der Waals surface area contributed by atoms with Crippen molar-refractivity contribution in [2.24, 2.45) is 0 Å². The Bertz CT molecular complexity index is 1020. The summed E-state index contributed by atoms with van der Waals surface area (Å²) in [5.41, 5.74) is 2.34. The van der Waals surface area contributed by atoms with Crippen molar-refractivity contribution in [3.63, 3.8) is 0 Å². The van der Waals surface area contributed by atoms with Crippen molar-refractivity contribution in [1.29, 1.82) is 0 Å². The van der Waals surface area contributed by atoms with Gasteiger partial charge in [-0.15, -0.1) is 11.3 Å². The first-order valence-electron chi connectivity index (χ1n) is 7.79. The van der Waals surface area contributed by atoms with Crippen LogP contribution in [0.3, 0.4) is 0 Å². The molecule has 4 aromatic rings. The highest BCUT2D eigenvalue weighted by atomic mass is 32.1. The second-order valence-corrected chi connectivity index (χ2v) is 6.70. The van der Waals surface area contributed by atoms with Gasteiger partial charge in [0.05, 0.1) is 6.54 Å². The summed E-state index contributed by atoms with van der Waals surface area (Å²) in [7, 11) is 1.76. The third-order valence-electron chi connectivity index (χ3n) is 3.97. The second kappa shape index (κ2) is 6.49. The lowest BCUT2D eigenvalue weighted by Crippen LogP contribution is -2.25. The van der Waals surface area contributed by atoms with E-state index in [0.717, 1.165) is 16.6 Å². The standard InChI is InChI=1S/C19H15N3O2S/c1-22(19(23)15-2-3-18-14(10-15)6-9-25-18)12-16-11-17(21-24-16)13-4-7-20-8-5-13/h2-11H,12H2,1H3. The molecule has 0 atom stereocenters. The number of pyridine rings is 1.